The first-order chi connectivity index (χ1) is 8.04. The molecule has 1 aliphatic heterocycles. The average molecular weight is 232 g/mol. The van der Waals surface area contributed by atoms with Gasteiger partial charge in [-0.05, 0) is 44.6 Å². The fraction of sp³-hybridized carbons (Fsp3) is 0.667. The predicted molar refractivity (Wildman–Crippen MR) is 66.3 cm³/mol. The molecule has 2 fully saturated rings. The molecule has 2 aliphatic carbocycles. The minimum atomic E-state index is -0.339. The lowest BCUT2D eigenvalue weighted by Gasteiger charge is -2.48. The van der Waals surface area contributed by atoms with Crippen LogP contribution < -0.4 is 0 Å². The summed E-state index contributed by atoms with van der Waals surface area (Å²) in [5.74, 6) is 1.20. The fourth-order valence-corrected chi connectivity index (χ4v) is 4.11. The van der Waals surface area contributed by atoms with Crippen LogP contribution in [0, 0.1) is 17.8 Å². The zero-order chi connectivity index (χ0) is 12.2. The summed E-state index contributed by atoms with van der Waals surface area (Å²) >= 11 is 0. The van der Waals surface area contributed by atoms with Gasteiger partial charge in [0.15, 0.2) is 0 Å². The van der Waals surface area contributed by atoms with Gasteiger partial charge in [-0.25, -0.2) is 4.79 Å². The van der Waals surface area contributed by atoms with Gasteiger partial charge in [-0.3, -0.25) is 0 Å². The molecule has 92 valence electrons. The molecular formula is C15H20O2. The Morgan fingerprint density at radius 3 is 2.94 bits per heavy atom. The first-order valence-electron chi connectivity index (χ1n) is 6.65. The van der Waals surface area contributed by atoms with E-state index in [1.807, 2.05) is 0 Å². The molecule has 17 heavy (non-hydrogen) atoms. The quantitative estimate of drug-likeness (QED) is 0.364. The molecule has 4 atom stereocenters. The summed E-state index contributed by atoms with van der Waals surface area (Å²) in [6, 6.07) is 0. The third-order valence-corrected chi connectivity index (χ3v) is 5.00. The maximum atomic E-state index is 11.9. The van der Waals surface area contributed by atoms with E-state index in [1.165, 1.54) is 12.0 Å². The molecule has 0 aromatic carbocycles. The molecule has 4 unspecified atom stereocenters. The number of hydrogen-bond donors (Lipinski definition) is 0. The van der Waals surface area contributed by atoms with E-state index in [2.05, 4.69) is 26.5 Å². The molecule has 1 saturated carbocycles. The summed E-state index contributed by atoms with van der Waals surface area (Å²) in [7, 11) is 0. The average Bonchev–Trinajstić information content (AvgIpc) is 2.50. The zero-order valence-corrected chi connectivity index (χ0v) is 10.7. The second-order valence-corrected chi connectivity index (χ2v) is 6.01. The van der Waals surface area contributed by atoms with Gasteiger partial charge in [0.05, 0.1) is 0 Å². The molecule has 0 bridgehead atoms. The Labute approximate surface area is 103 Å². The standard InChI is InChI=1S/C15H20O2/c1-9-4-6-12-10(2)5-7-13-11(3)14(16)17-15(12,13)8-9/h8,10,12-13H,3-7H2,1-2H3. The van der Waals surface area contributed by atoms with Gasteiger partial charge < -0.3 is 4.74 Å². The Balaban J connectivity index is 2.11. The highest BCUT2D eigenvalue weighted by molar-refractivity contribution is 5.92. The van der Waals surface area contributed by atoms with E-state index >= 15 is 0 Å². The normalized spacial score (nSPS) is 44.8. The van der Waals surface area contributed by atoms with E-state index in [0.29, 0.717) is 17.4 Å². The summed E-state index contributed by atoms with van der Waals surface area (Å²) in [5.41, 5.74) is 1.73. The van der Waals surface area contributed by atoms with Crippen molar-refractivity contribution in [3.8, 4) is 0 Å². The van der Waals surface area contributed by atoms with E-state index in [9.17, 15) is 4.79 Å². The van der Waals surface area contributed by atoms with Crippen LogP contribution >= 0.6 is 0 Å². The maximum Gasteiger partial charge on any atom is 0.334 e. The van der Waals surface area contributed by atoms with Crippen molar-refractivity contribution in [1.29, 1.82) is 0 Å². The van der Waals surface area contributed by atoms with Gasteiger partial charge in [0.1, 0.15) is 5.60 Å². The molecule has 0 radical (unpaired) electrons. The van der Waals surface area contributed by atoms with Crippen molar-refractivity contribution < 1.29 is 9.53 Å². The van der Waals surface area contributed by atoms with Gasteiger partial charge in [0.2, 0.25) is 0 Å². The number of carbonyl (C=O) groups excluding carboxylic acids is 1. The number of carbonyl (C=O) groups is 1. The molecule has 2 heteroatoms. The van der Waals surface area contributed by atoms with Crippen molar-refractivity contribution >= 4 is 5.97 Å². The molecule has 2 nitrogen and oxygen atoms in total. The molecule has 0 N–H and O–H groups in total. The lowest BCUT2D eigenvalue weighted by Crippen LogP contribution is -2.49. The van der Waals surface area contributed by atoms with Crippen LogP contribution in [-0.4, -0.2) is 11.6 Å². The number of hydrogen-bond acceptors (Lipinski definition) is 2. The van der Waals surface area contributed by atoms with Gasteiger partial charge in [-0.1, -0.05) is 19.1 Å². The van der Waals surface area contributed by atoms with Crippen molar-refractivity contribution in [1.82, 2.24) is 0 Å². The number of esters is 1. The number of allylic oxidation sites excluding steroid dienone is 1. The molecule has 0 amide bonds. The summed E-state index contributed by atoms with van der Waals surface area (Å²) < 4.78 is 5.80. The van der Waals surface area contributed by atoms with Crippen molar-refractivity contribution in [2.24, 2.45) is 17.8 Å². The lowest BCUT2D eigenvalue weighted by atomic mass is 9.59. The predicted octanol–water partition coefficient (Wildman–Crippen LogP) is 3.24. The van der Waals surface area contributed by atoms with E-state index in [0.717, 1.165) is 19.3 Å². The molecule has 1 saturated heterocycles. The van der Waals surface area contributed by atoms with Crippen molar-refractivity contribution in [3.63, 3.8) is 0 Å². The Kier molecular flexibility index (Phi) is 2.26. The van der Waals surface area contributed by atoms with Crippen LogP contribution in [0.3, 0.4) is 0 Å². The van der Waals surface area contributed by atoms with Gasteiger partial charge in [0, 0.05) is 17.4 Å². The second kappa shape index (κ2) is 3.47. The van der Waals surface area contributed by atoms with Crippen LogP contribution in [0.5, 0.6) is 0 Å². The molecule has 3 rings (SSSR count). The van der Waals surface area contributed by atoms with Crippen LogP contribution in [-0.2, 0) is 9.53 Å². The lowest BCUT2D eigenvalue weighted by molar-refractivity contribution is -0.153. The van der Waals surface area contributed by atoms with Crippen molar-refractivity contribution in [2.75, 3.05) is 0 Å². The number of ether oxygens (including phenoxy) is 1. The Morgan fingerprint density at radius 2 is 2.18 bits per heavy atom. The molecule has 0 aromatic heterocycles. The fourth-order valence-electron chi connectivity index (χ4n) is 4.11. The Bertz CT molecular complexity index is 421. The SMILES string of the molecule is C=C1C(=O)OC23C=C(C)CCC2C(C)CCC13. The number of rotatable bonds is 0. The Morgan fingerprint density at radius 1 is 1.41 bits per heavy atom. The molecule has 1 heterocycles. The second-order valence-electron chi connectivity index (χ2n) is 6.01. The van der Waals surface area contributed by atoms with Crippen molar-refractivity contribution in [2.45, 2.75) is 45.1 Å². The van der Waals surface area contributed by atoms with Crippen LogP contribution in [0.1, 0.15) is 39.5 Å². The van der Waals surface area contributed by atoms with Gasteiger partial charge >= 0.3 is 5.97 Å². The van der Waals surface area contributed by atoms with Gasteiger partial charge in [-0.15, -0.1) is 0 Å². The molecule has 3 aliphatic rings. The van der Waals surface area contributed by atoms with Crippen molar-refractivity contribution in [3.05, 3.63) is 23.8 Å². The van der Waals surface area contributed by atoms with Gasteiger partial charge in [0.25, 0.3) is 0 Å². The summed E-state index contributed by atoms with van der Waals surface area (Å²) in [6.45, 7) is 8.40. The van der Waals surface area contributed by atoms with Crippen LogP contribution in [0.25, 0.3) is 0 Å². The van der Waals surface area contributed by atoms with Crippen LogP contribution in [0.4, 0.5) is 0 Å². The minimum absolute atomic E-state index is 0.167. The zero-order valence-electron chi connectivity index (χ0n) is 10.7. The Hall–Kier alpha value is -1.05. The minimum Gasteiger partial charge on any atom is -0.450 e. The molecule has 1 spiro atoms. The van der Waals surface area contributed by atoms with E-state index in [-0.39, 0.29) is 17.5 Å². The molecular weight excluding hydrogens is 212 g/mol. The highest BCUT2D eigenvalue weighted by Crippen LogP contribution is 2.55. The third-order valence-electron chi connectivity index (χ3n) is 5.00. The van der Waals surface area contributed by atoms with E-state index < -0.39 is 0 Å². The van der Waals surface area contributed by atoms with Gasteiger partial charge in [-0.2, -0.15) is 0 Å². The molecule has 0 aromatic rings. The highest BCUT2D eigenvalue weighted by atomic mass is 16.6. The van der Waals surface area contributed by atoms with E-state index in [1.54, 1.807) is 0 Å². The maximum absolute atomic E-state index is 11.9. The summed E-state index contributed by atoms with van der Waals surface area (Å²) in [5, 5.41) is 0. The topological polar surface area (TPSA) is 26.3 Å². The largest absolute Gasteiger partial charge is 0.450 e. The van der Waals surface area contributed by atoms with E-state index in [4.69, 9.17) is 4.74 Å². The summed E-state index contributed by atoms with van der Waals surface area (Å²) in [6.07, 6.45) is 6.78. The smallest absolute Gasteiger partial charge is 0.334 e. The third kappa shape index (κ3) is 1.36. The highest BCUT2D eigenvalue weighted by Gasteiger charge is 2.58. The first kappa shape index (κ1) is 11.1. The first-order valence-corrected chi connectivity index (χ1v) is 6.65. The van der Waals surface area contributed by atoms with Crippen LogP contribution in [0.15, 0.2) is 23.8 Å². The summed E-state index contributed by atoms with van der Waals surface area (Å²) in [4.78, 5) is 11.9. The monoisotopic (exact) mass is 232 g/mol. The van der Waals surface area contributed by atoms with Crippen LogP contribution in [0.2, 0.25) is 0 Å².